The molecule has 192 valence electrons. The van der Waals surface area contributed by atoms with E-state index in [-0.39, 0.29) is 0 Å². The van der Waals surface area contributed by atoms with Gasteiger partial charge >= 0.3 is 0 Å². The monoisotopic (exact) mass is 495 g/mol. The number of rotatable bonds is 10. The average molecular weight is 496 g/mol. The van der Waals surface area contributed by atoms with Gasteiger partial charge in [0.15, 0.2) is 0 Å². The standard InChI is InChI=1S/C31H37N5O/c1-36(2)30-28-10-6-7-11-29(28)34-31(35-30)33-26-16-12-23(13-17-26)20-32-21-24-14-18-27(19-15-24)37-22-25-8-4-3-5-9-25/h3-11,14-15,18-19,23,26,32H,12-13,16-17,20-22H2,1-2H3,(H,33,34,35)/t23-,26+. The number of hydrogen-bond acceptors (Lipinski definition) is 6. The fourth-order valence-corrected chi connectivity index (χ4v) is 5.02. The van der Waals surface area contributed by atoms with Crippen molar-refractivity contribution in [3.8, 4) is 5.75 Å². The molecule has 0 spiro atoms. The molecule has 0 radical (unpaired) electrons. The number of hydrogen-bond donors (Lipinski definition) is 2. The molecule has 2 N–H and O–H groups in total. The summed E-state index contributed by atoms with van der Waals surface area (Å²) in [5.74, 6) is 3.31. The molecule has 0 bridgehead atoms. The predicted octanol–water partition coefficient (Wildman–Crippen LogP) is 6.04. The number of anilines is 2. The highest BCUT2D eigenvalue weighted by Crippen LogP contribution is 2.28. The van der Waals surface area contributed by atoms with Crippen LogP contribution in [0.25, 0.3) is 10.9 Å². The van der Waals surface area contributed by atoms with E-state index in [0.29, 0.717) is 18.6 Å². The van der Waals surface area contributed by atoms with E-state index in [0.717, 1.165) is 54.3 Å². The Morgan fingerprint density at radius 1 is 0.811 bits per heavy atom. The van der Waals surface area contributed by atoms with Crippen molar-refractivity contribution in [2.45, 2.75) is 44.9 Å². The molecule has 0 unspecified atom stereocenters. The van der Waals surface area contributed by atoms with E-state index in [1.54, 1.807) is 0 Å². The lowest BCUT2D eigenvalue weighted by molar-refractivity contribution is 0.306. The van der Waals surface area contributed by atoms with Gasteiger partial charge < -0.3 is 20.3 Å². The zero-order valence-electron chi connectivity index (χ0n) is 21.9. The van der Waals surface area contributed by atoms with E-state index in [1.165, 1.54) is 24.0 Å². The molecule has 5 rings (SSSR count). The zero-order chi connectivity index (χ0) is 25.5. The SMILES string of the molecule is CN(C)c1nc(N[C@H]2CC[C@@H](CNCc3ccc(OCc4ccccc4)cc3)CC2)nc2ccccc12. The Balaban J connectivity index is 1.05. The molecule has 1 aromatic heterocycles. The van der Waals surface area contributed by atoms with Gasteiger partial charge in [0.05, 0.1) is 5.52 Å². The molecular weight excluding hydrogens is 458 g/mol. The average Bonchev–Trinajstić information content (AvgIpc) is 2.93. The summed E-state index contributed by atoms with van der Waals surface area (Å²) in [5, 5.41) is 8.36. The van der Waals surface area contributed by atoms with Crippen molar-refractivity contribution < 1.29 is 4.74 Å². The zero-order valence-corrected chi connectivity index (χ0v) is 21.9. The number of para-hydroxylation sites is 1. The molecule has 1 aliphatic carbocycles. The van der Waals surface area contributed by atoms with Crippen LogP contribution in [0.5, 0.6) is 5.75 Å². The summed E-state index contributed by atoms with van der Waals surface area (Å²) < 4.78 is 5.90. The van der Waals surface area contributed by atoms with Gasteiger partial charge in [-0.05, 0) is 73.5 Å². The Labute approximate surface area is 220 Å². The van der Waals surface area contributed by atoms with Gasteiger partial charge in [-0.2, -0.15) is 4.98 Å². The third-order valence-corrected chi connectivity index (χ3v) is 7.12. The molecule has 3 aromatic carbocycles. The van der Waals surface area contributed by atoms with Gasteiger partial charge in [-0.25, -0.2) is 4.98 Å². The summed E-state index contributed by atoms with van der Waals surface area (Å²) in [5.41, 5.74) is 3.45. The highest BCUT2D eigenvalue weighted by molar-refractivity contribution is 5.90. The van der Waals surface area contributed by atoms with Gasteiger partial charge in [-0.1, -0.05) is 54.6 Å². The molecule has 37 heavy (non-hydrogen) atoms. The fraction of sp³-hybridized carbons (Fsp3) is 0.355. The summed E-state index contributed by atoms with van der Waals surface area (Å²) in [4.78, 5) is 11.6. The van der Waals surface area contributed by atoms with Crippen LogP contribution < -0.4 is 20.3 Å². The molecule has 4 aromatic rings. The maximum Gasteiger partial charge on any atom is 0.225 e. The van der Waals surface area contributed by atoms with E-state index >= 15 is 0 Å². The lowest BCUT2D eigenvalue weighted by Gasteiger charge is -2.29. The lowest BCUT2D eigenvalue weighted by Crippen LogP contribution is -2.31. The molecule has 0 aliphatic heterocycles. The van der Waals surface area contributed by atoms with Crippen molar-refractivity contribution in [2.24, 2.45) is 5.92 Å². The number of nitrogens with one attached hydrogen (secondary N) is 2. The van der Waals surface area contributed by atoms with Crippen molar-refractivity contribution in [3.63, 3.8) is 0 Å². The molecular formula is C31H37N5O. The van der Waals surface area contributed by atoms with E-state index in [9.17, 15) is 0 Å². The first-order valence-electron chi connectivity index (χ1n) is 13.3. The van der Waals surface area contributed by atoms with Gasteiger partial charge in [-0.3, -0.25) is 0 Å². The summed E-state index contributed by atoms with van der Waals surface area (Å²) in [6.45, 7) is 2.53. The summed E-state index contributed by atoms with van der Waals surface area (Å²) in [6, 6.07) is 27.3. The topological polar surface area (TPSA) is 62.3 Å². The highest BCUT2D eigenvalue weighted by atomic mass is 16.5. The molecule has 6 heteroatoms. The summed E-state index contributed by atoms with van der Waals surface area (Å²) >= 11 is 0. The maximum absolute atomic E-state index is 5.90. The molecule has 1 saturated carbocycles. The molecule has 0 saturated heterocycles. The van der Waals surface area contributed by atoms with Crippen LogP contribution in [0.15, 0.2) is 78.9 Å². The van der Waals surface area contributed by atoms with Crippen LogP contribution >= 0.6 is 0 Å². The second kappa shape index (κ2) is 12.1. The van der Waals surface area contributed by atoms with Crippen LogP contribution in [0.4, 0.5) is 11.8 Å². The van der Waals surface area contributed by atoms with Crippen LogP contribution in [-0.2, 0) is 13.2 Å². The first kappa shape index (κ1) is 25.0. The van der Waals surface area contributed by atoms with Crippen LogP contribution in [0.2, 0.25) is 0 Å². The first-order chi connectivity index (χ1) is 18.1. The maximum atomic E-state index is 5.90. The minimum atomic E-state index is 0.427. The first-order valence-corrected chi connectivity index (χ1v) is 13.3. The van der Waals surface area contributed by atoms with Crippen LogP contribution in [-0.4, -0.2) is 36.6 Å². The number of ether oxygens (including phenoxy) is 1. The second-order valence-electron chi connectivity index (χ2n) is 10.2. The normalized spacial score (nSPS) is 17.5. The minimum absolute atomic E-state index is 0.427. The number of benzene rings is 3. The van der Waals surface area contributed by atoms with Gasteiger partial charge in [0.1, 0.15) is 18.2 Å². The van der Waals surface area contributed by atoms with E-state index in [4.69, 9.17) is 14.7 Å². The van der Waals surface area contributed by atoms with Gasteiger partial charge in [0, 0.05) is 32.1 Å². The largest absolute Gasteiger partial charge is 0.489 e. The van der Waals surface area contributed by atoms with Crippen molar-refractivity contribution in [1.29, 1.82) is 0 Å². The molecule has 0 atom stereocenters. The Morgan fingerprint density at radius 2 is 1.54 bits per heavy atom. The number of aromatic nitrogens is 2. The molecule has 0 amide bonds. The minimum Gasteiger partial charge on any atom is -0.489 e. The molecule has 6 nitrogen and oxygen atoms in total. The van der Waals surface area contributed by atoms with Crippen LogP contribution in [0.3, 0.4) is 0 Å². The van der Waals surface area contributed by atoms with E-state index < -0.39 is 0 Å². The Morgan fingerprint density at radius 3 is 2.30 bits per heavy atom. The van der Waals surface area contributed by atoms with E-state index in [1.807, 2.05) is 44.4 Å². The van der Waals surface area contributed by atoms with Crippen molar-refractivity contribution in [1.82, 2.24) is 15.3 Å². The smallest absolute Gasteiger partial charge is 0.225 e. The number of nitrogens with zero attached hydrogens (tertiary/aromatic N) is 3. The quantitative estimate of drug-likeness (QED) is 0.280. The second-order valence-corrected chi connectivity index (χ2v) is 10.2. The van der Waals surface area contributed by atoms with Gasteiger partial charge in [0.25, 0.3) is 0 Å². The molecule has 1 heterocycles. The van der Waals surface area contributed by atoms with Crippen molar-refractivity contribution in [2.75, 3.05) is 30.9 Å². The fourth-order valence-electron chi connectivity index (χ4n) is 5.02. The number of fused-ring (bicyclic) bond motifs is 1. The lowest BCUT2D eigenvalue weighted by atomic mass is 9.86. The van der Waals surface area contributed by atoms with Crippen molar-refractivity contribution in [3.05, 3.63) is 90.0 Å². The summed E-state index contributed by atoms with van der Waals surface area (Å²) in [6.07, 6.45) is 4.72. The predicted molar refractivity (Wildman–Crippen MR) is 152 cm³/mol. The van der Waals surface area contributed by atoms with E-state index in [2.05, 4.69) is 64.1 Å². The van der Waals surface area contributed by atoms with Crippen LogP contribution in [0, 0.1) is 5.92 Å². The third-order valence-electron chi connectivity index (χ3n) is 7.12. The third kappa shape index (κ3) is 6.77. The van der Waals surface area contributed by atoms with Gasteiger partial charge in [-0.15, -0.1) is 0 Å². The molecule has 1 fully saturated rings. The van der Waals surface area contributed by atoms with Gasteiger partial charge in [0.2, 0.25) is 5.95 Å². The Bertz CT molecular complexity index is 1270. The molecule has 1 aliphatic rings. The highest BCUT2D eigenvalue weighted by Gasteiger charge is 2.22. The van der Waals surface area contributed by atoms with Crippen LogP contribution in [0.1, 0.15) is 36.8 Å². The van der Waals surface area contributed by atoms with Crippen molar-refractivity contribution >= 4 is 22.7 Å². The Kier molecular flexibility index (Phi) is 8.16. The Hall–Kier alpha value is -3.64. The summed E-state index contributed by atoms with van der Waals surface area (Å²) in [7, 11) is 4.07.